The van der Waals surface area contributed by atoms with E-state index in [2.05, 4.69) is 4.74 Å². The van der Waals surface area contributed by atoms with Gasteiger partial charge < -0.3 is 4.74 Å². The Kier molecular flexibility index (Phi) is 8.60. The minimum atomic E-state index is -5.34. The molecule has 0 spiro atoms. The molecule has 0 saturated carbocycles. The van der Waals surface area contributed by atoms with Crippen molar-refractivity contribution in [1.29, 1.82) is 0 Å². The van der Waals surface area contributed by atoms with Crippen molar-refractivity contribution in [3.05, 3.63) is 101 Å². The maximum atomic E-state index is 14.6. The third-order valence-corrected chi connectivity index (χ3v) is 5.51. The molecule has 1 nitrogen and oxygen atoms in total. The number of hydrogen-bond donors (Lipinski definition) is 0. The molecule has 0 saturated heterocycles. The lowest BCUT2D eigenvalue weighted by atomic mass is 9.98. The molecule has 0 aromatic heterocycles. The Balaban J connectivity index is 1.67. The molecule has 3 rings (SSSR count). The van der Waals surface area contributed by atoms with Crippen molar-refractivity contribution in [2.24, 2.45) is 0 Å². The number of rotatable bonds is 9. The average Bonchev–Trinajstić information content (AvgIpc) is 2.79. The summed E-state index contributed by atoms with van der Waals surface area (Å²) >= 11 is 0. The van der Waals surface area contributed by atoms with Crippen LogP contribution in [0.5, 0.6) is 5.75 Å². The maximum Gasteiger partial charge on any atom is 0.422 e. The summed E-state index contributed by atoms with van der Waals surface area (Å²) in [5, 5.41) is 0. The Morgan fingerprint density at radius 1 is 0.784 bits per heavy atom. The number of hydrogen-bond acceptors (Lipinski definition) is 1. The summed E-state index contributed by atoms with van der Waals surface area (Å²) in [4.78, 5) is 0. The van der Waals surface area contributed by atoms with E-state index < -0.39 is 53.3 Å². The summed E-state index contributed by atoms with van der Waals surface area (Å²) in [5.74, 6) is -7.25. The van der Waals surface area contributed by atoms with Gasteiger partial charge in [0.05, 0.1) is 6.42 Å². The fourth-order valence-electron chi connectivity index (χ4n) is 3.65. The highest BCUT2D eigenvalue weighted by Crippen LogP contribution is 2.37. The quantitative estimate of drug-likeness (QED) is 0.197. The van der Waals surface area contributed by atoms with E-state index in [1.165, 1.54) is 36.4 Å². The van der Waals surface area contributed by atoms with Crippen LogP contribution >= 0.6 is 0 Å². The second-order valence-corrected chi connectivity index (χ2v) is 8.20. The van der Waals surface area contributed by atoms with Gasteiger partial charge in [-0.25, -0.2) is 17.6 Å². The SMILES string of the molecule is C/C=C/CCc1ccc(-c2ccc(CCC(F)(F)Oc3cc(F)c(C(F)(F)F)c(F)c3)cc2)c(F)c1F. The van der Waals surface area contributed by atoms with Crippen molar-refractivity contribution in [3.63, 3.8) is 0 Å². The summed E-state index contributed by atoms with van der Waals surface area (Å²) in [7, 11) is 0. The van der Waals surface area contributed by atoms with E-state index in [9.17, 15) is 39.5 Å². The lowest BCUT2D eigenvalue weighted by molar-refractivity contribution is -0.180. The lowest BCUT2D eigenvalue weighted by Crippen LogP contribution is -2.26. The largest absolute Gasteiger partial charge is 0.432 e. The molecule has 0 heterocycles. The number of benzene rings is 3. The Bertz CT molecular complexity index is 1240. The summed E-state index contributed by atoms with van der Waals surface area (Å²) in [5.41, 5.74) is -1.30. The molecule has 0 aliphatic rings. The average molecular weight is 532 g/mol. The van der Waals surface area contributed by atoms with E-state index in [0.29, 0.717) is 24.0 Å². The van der Waals surface area contributed by atoms with Gasteiger partial charge in [-0.15, -0.1) is 0 Å². The number of allylic oxidation sites excluding steroid dienone is 2. The van der Waals surface area contributed by atoms with E-state index >= 15 is 0 Å². The molecule has 3 aromatic carbocycles. The summed E-state index contributed by atoms with van der Waals surface area (Å²) in [6.45, 7) is 1.82. The minimum Gasteiger partial charge on any atom is -0.432 e. The highest BCUT2D eigenvalue weighted by molar-refractivity contribution is 5.65. The second kappa shape index (κ2) is 11.3. The van der Waals surface area contributed by atoms with Gasteiger partial charge in [0.2, 0.25) is 0 Å². The van der Waals surface area contributed by atoms with Gasteiger partial charge in [-0.2, -0.15) is 22.0 Å². The topological polar surface area (TPSA) is 9.23 Å². The molecule has 0 N–H and O–H groups in total. The molecule has 0 aliphatic heterocycles. The van der Waals surface area contributed by atoms with Gasteiger partial charge in [-0.05, 0) is 42.9 Å². The number of alkyl halides is 5. The molecule has 10 heteroatoms. The van der Waals surface area contributed by atoms with Crippen molar-refractivity contribution in [1.82, 2.24) is 0 Å². The van der Waals surface area contributed by atoms with Gasteiger partial charge >= 0.3 is 12.3 Å². The van der Waals surface area contributed by atoms with Crippen LogP contribution in [0, 0.1) is 23.3 Å². The van der Waals surface area contributed by atoms with Gasteiger partial charge in [0.1, 0.15) is 22.9 Å². The van der Waals surface area contributed by atoms with E-state index in [4.69, 9.17) is 0 Å². The van der Waals surface area contributed by atoms with Crippen molar-refractivity contribution in [2.75, 3.05) is 0 Å². The number of halogens is 9. The lowest BCUT2D eigenvalue weighted by Gasteiger charge is -2.19. The normalized spacial score (nSPS) is 12.4. The van der Waals surface area contributed by atoms with Crippen molar-refractivity contribution < 1.29 is 44.3 Å². The summed E-state index contributed by atoms with van der Waals surface area (Å²) in [6, 6.07) is 8.67. The molecule has 3 aromatic rings. The van der Waals surface area contributed by atoms with E-state index in [0.717, 1.165) is 0 Å². The molecule has 0 fully saturated rings. The third kappa shape index (κ3) is 7.08. The van der Waals surface area contributed by atoms with E-state index in [-0.39, 0.29) is 29.7 Å². The summed E-state index contributed by atoms with van der Waals surface area (Å²) in [6.07, 6.45) is -6.05. The fourth-order valence-corrected chi connectivity index (χ4v) is 3.65. The zero-order chi connectivity index (χ0) is 27.4. The van der Waals surface area contributed by atoms with E-state index in [1.807, 2.05) is 13.0 Å². The molecule has 0 amide bonds. The van der Waals surface area contributed by atoms with E-state index in [1.54, 1.807) is 6.08 Å². The highest BCUT2D eigenvalue weighted by Gasteiger charge is 2.39. The standard InChI is InChI=1S/C27H21F9O/c1-2-3-4-5-18-10-11-20(25(31)24(18)30)17-8-6-16(7-9-17)12-13-26(32,33)37-19-14-21(28)23(22(29)15-19)27(34,35)36/h2-3,6-11,14-15H,4-5,12-13H2,1H3/b3-2+. The summed E-state index contributed by atoms with van der Waals surface area (Å²) < 4.78 is 127. The molecular formula is C27H21F9O. The van der Waals surface area contributed by atoms with Crippen LogP contribution in [-0.2, 0) is 19.0 Å². The molecule has 0 aliphatic carbocycles. The van der Waals surface area contributed by atoms with Crippen LogP contribution < -0.4 is 4.74 Å². The Morgan fingerprint density at radius 2 is 1.41 bits per heavy atom. The first kappa shape index (κ1) is 28.1. The first-order valence-corrected chi connectivity index (χ1v) is 11.1. The molecule has 198 valence electrons. The zero-order valence-electron chi connectivity index (χ0n) is 19.4. The third-order valence-electron chi connectivity index (χ3n) is 5.51. The number of aryl methyl sites for hydroxylation is 2. The van der Waals surface area contributed by atoms with Crippen molar-refractivity contribution in [3.8, 4) is 16.9 Å². The van der Waals surface area contributed by atoms with Crippen LogP contribution in [0.3, 0.4) is 0 Å². The predicted octanol–water partition coefficient (Wildman–Crippen LogP) is 9.04. The van der Waals surface area contributed by atoms with Crippen LogP contribution in [0.1, 0.15) is 36.5 Å². The highest BCUT2D eigenvalue weighted by atomic mass is 19.4. The Morgan fingerprint density at radius 3 is 1.97 bits per heavy atom. The molecule has 0 radical (unpaired) electrons. The van der Waals surface area contributed by atoms with Gasteiger partial charge in [-0.1, -0.05) is 48.6 Å². The molecule has 37 heavy (non-hydrogen) atoms. The monoisotopic (exact) mass is 532 g/mol. The van der Waals surface area contributed by atoms with Crippen LogP contribution in [0.25, 0.3) is 11.1 Å². The second-order valence-electron chi connectivity index (χ2n) is 8.20. The fraction of sp³-hybridized carbons (Fsp3) is 0.259. The van der Waals surface area contributed by atoms with Crippen LogP contribution in [0.2, 0.25) is 0 Å². The van der Waals surface area contributed by atoms with Crippen LogP contribution in [-0.4, -0.2) is 6.11 Å². The van der Waals surface area contributed by atoms with Gasteiger partial charge in [0.15, 0.2) is 11.6 Å². The van der Waals surface area contributed by atoms with Crippen LogP contribution in [0.15, 0.2) is 60.7 Å². The van der Waals surface area contributed by atoms with Gasteiger partial charge in [0.25, 0.3) is 0 Å². The number of ether oxygens (including phenoxy) is 1. The van der Waals surface area contributed by atoms with Crippen LogP contribution in [0.4, 0.5) is 39.5 Å². The molecule has 0 atom stereocenters. The molecule has 0 bridgehead atoms. The van der Waals surface area contributed by atoms with Crippen molar-refractivity contribution in [2.45, 2.75) is 44.9 Å². The Labute approximate surface area is 207 Å². The first-order chi connectivity index (χ1) is 17.3. The van der Waals surface area contributed by atoms with Gasteiger partial charge in [-0.3, -0.25) is 0 Å². The Hall–Kier alpha value is -3.43. The minimum absolute atomic E-state index is 0.00106. The van der Waals surface area contributed by atoms with Crippen molar-refractivity contribution >= 4 is 0 Å². The smallest absolute Gasteiger partial charge is 0.422 e. The maximum absolute atomic E-state index is 14.6. The van der Waals surface area contributed by atoms with Gasteiger partial charge in [0, 0.05) is 17.7 Å². The first-order valence-electron chi connectivity index (χ1n) is 11.1. The zero-order valence-corrected chi connectivity index (χ0v) is 19.4. The predicted molar refractivity (Wildman–Crippen MR) is 120 cm³/mol. The molecule has 0 unspecified atom stereocenters. The molecular weight excluding hydrogens is 511 g/mol.